The Morgan fingerprint density at radius 1 is 1.47 bits per heavy atom. The Balaban J connectivity index is 2.21. The van der Waals surface area contributed by atoms with E-state index in [1.165, 1.54) is 12.1 Å². The molecule has 0 amide bonds. The molecule has 6 heteroatoms. The minimum absolute atomic E-state index is 0.0750. The maximum Gasteiger partial charge on any atom is 0.154 e. The predicted octanol–water partition coefficient (Wildman–Crippen LogP) is 1.26. The zero-order chi connectivity index (χ0) is 12.5. The van der Waals surface area contributed by atoms with Crippen LogP contribution in [-0.2, 0) is 9.84 Å². The summed E-state index contributed by atoms with van der Waals surface area (Å²) in [6, 6.07) is 5.76. The van der Waals surface area contributed by atoms with E-state index < -0.39 is 21.8 Å². The second-order valence-electron chi connectivity index (χ2n) is 3.87. The standard InChI is InChI=1S/C11H10FNO3S/c12-10-2-1-3-11(9(10)6-13)16-8-4-5-17(14,15)7-8/h1-3,8H,4-5,7H2. The van der Waals surface area contributed by atoms with E-state index in [-0.39, 0.29) is 22.8 Å². The van der Waals surface area contributed by atoms with Crippen LogP contribution in [0.15, 0.2) is 18.2 Å². The molecular weight excluding hydrogens is 245 g/mol. The van der Waals surface area contributed by atoms with Gasteiger partial charge in [-0.3, -0.25) is 0 Å². The molecule has 0 bridgehead atoms. The van der Waals surface area contributed by atoms with Crippen molar-refractivity contribution in [1.29, 1.82) is 5.26 Å². The largest absolute Gasteiger partial charge is 0.488 e. The topological polar surface area (TPSA) is 67.2 Å². The first-order valence-electron chi connectivity index (χ1n) is 5.07. The second kappa shape index (κ2) is 4.34. The highest BCUT2D eigenvalue weighted by Crippen LogP contribution is 2.24. The molecule has 0 N–H and O–H groups in total. The first kappa shape index (κ1) is 11.9. The van der Waals surface area contributed by atoms with Crippen LogP contribution in [-0.4, -0.2) is 26.0 Å². The number of rotatable bonds is 2. The molecule has 0 radical (unpaired) electrons. The Kier molecular flexibility index (Phi) is 3.03. The summed E-state index contributed by atoms with van der Waals surface area (Å²) >= 11 is 0. The van der Waals surface area contributed by atoms with Gasteiger partial charge in [-0.05, 0) is 18.6 Å². The zero-order valence-corrected chi connectivity index (χ0v) is 9.71. The van der Waals surface area contributed by atoms with Crippen LogP contribution in [0.2, 0.25) is 0 Å². The van der Waals surface area contributed by atoms with Crippen LogP contribution in [0.4, 0.5) is 4.39 Å². The highest BCUT2D eigenvalue weighted by molar-refractivity contribution is 7.91. The van der Waals surface area contributed by atoms with E-state index in [2.05, 4.69) is 0 Å². The van der Waals surface area contributed by atoms with Gasteiger partial charge in [0.1, 0.15) is 29.3 Å². The van der Waals surface area contributed by atoms with E-state index in [0.29, 0.717) is 6.42 Å². The number of nitriles is 1. The van der Waals surface area contributed by atoms with Gasteiger partial charge in [-0.25, -0.2) is 12.8 Å². The Morgan fingerprint density at radius 2 is 2.24 bits per heavy atom. The van der Waals surface area contributed by atoms with Crippen molar-refractivity contribution in [2.45, 2.75) is 12.5 Å². The van der Waals surface area contributed by atoms with Crippen LogP contribution >= 0.6 is 0 Å². The molecule has 1 fully saturated rings. The first-order chi connectivity index (χ1) is 8.02. The van der Waals surface area contributed by atoms with E-state index in [1.807, 2.05) is 0 Å². The quantitative estimate of drug-likeness (QED) is 0.798. The fourth-order valence-electron chi connectivity index (χ4n) is 1.74. The van der Waals surface area contributed by atoms with Crippen molar-refractivity contribution in [3.05, 3.63) is 29.6 Å². The van der Waals surface area contributed by atoms with Crippen molar-refractivity contribution in [1.82, 2.24) is 0 Å². The van der Waals surface area contributed by atoms with Crippen molar-refractivity contribution < 1.29 is 17.5 Å². The van der Waals surface area contributed by atoms with E-state index >= 15 is 0 Å². The molecule has 1 aromatic carbocycles. The summed E-state index contributed by atoms with van der Waals surface area (Å²) in [6.45, 7) is 0. The number of benzene rings is 1. The van der Waals surface area contributed by atoms with Crippen LogP contribution in [0.1, 0.15) is 12.0 Å². The van der Waals surface area contributed by atoms with E-state index in [1.54, 1.807) is 6.07 Å². The molecule has 90 valence electrons. The number of halogens is 1. The lowest BCUT2D eigenvalue weighted by atomic mass is 10.2. The molecule has 1 aromatic rings. The molecule has 0 aliphatic carbocycles. The van der Waals surface area contributed by atoms with Crippen molar-refractivity contribution in [3.63, 3.8) is 0 Å². The van der Waals surface area contributed by atoms with Gasteiger partial charge < -0.3 is 4.74 Å². The van der Waals surface area contributed by atoms with Crippen LogP contribution < -0.4 is 4.74 Å². The number of hydrogen-bond acceptors (Lipinski definition) is 4. The lowest BCUT2D eigenvalue weighted by Crippen LogP contribution is -2.18. The average Bonchev–Trinajstić information content (AvgIpc) is 2.58. The van der Waals surface area contributed by atoms with Crippen molar-refractivity contribution >= 4 is 9.84 Å². The van der Waals surface area contributed by atoms with E-state index in [4.69, 9.17) is 10.00 Å². The molecule has 0 spiro atoms. The van der Waals surface area contributed by atoms with Gasteiger partial charge >= 0.3 is 0 Å². The molecule has 1 heterocycles. The highest BCUT2D eigenvalue weighted by Gasteiger charge is 2.30. The third-order valence-electron chi connectivity index (χ3n) is 2.57. The molecule has 4 nitrogen and oxygen atoms in total. The molecule has 1 unspecified atom stereocenters. The van der Waals surface area contributed by atoms with Gasteiger partial charge in [0.05, 0.1) is 11.5 Å². The average molecular weight is 255 g/mol. The fourth-order valence-corrected chi connectivity index (χ4v) is 3.33. The Bertz CT molecular complexity index is 577. The third-order valence-corrected chi connectivity index (χ3v) is 4.31. The van der Waals surface area contributed by atoms with Crippen LogP contribution in [0.3, 0.4) is 0 Å². The van der Waals surface area contributed by atoms with Crippen molar-refractivity contribution in [2.24, 2.45) is 0 Å². The van der Waals surface area contributed by atoms with Gasteiger partial charge in [-0.2, -0.15) is 5.26 Å². The Labute approximate surface area is 98.5 Å². The van der Waals surface area contributed by atoms with Crippen LogP contribution in [0.5, 0.6) is 5.75 Å². The normalized spacial score (nSPS) is 22.0. The first-order valence-corrected chi connectivity index (χ1v) is 6.89. The molecule has 1 aliphatic heterocycles. The van der Waals surface area contributed by atoms with Crippen molar-refractivity contribution in [3.8, 4) is 11.8 Å². The van der Waals surface area contributed by atoms with Gasteiger partial charge in [0.2, 0.25) is 0 Å². The van der Waals surface area contributed by atoms with Gasteiger partial charge in [-0.15, -0.1) is 0 Å². The molecule has 1 aliphatic rings. The SMILES string of the molecule is N#Cc1c(F)cccc1OC1CCS(=O)(=O)C1. The molecule has 17 heavy (non-hydrogen) atoms. The van der Waals surface area contributed by atoms with Gasteiger partial charge in [0.15, 0.2) is 9.84 Å². The summed E-state index contributed by atoms with van der Waals surface area (Å²) in [5.74, 6) is -0.552. The predicted molar refractivity (Wildman–Crippen MR) is 58.8 cm³/mol. The number of nitrogens with zero attached hydrogens (tertiary/aromatic N) is 1. The second-order valence-corrected chi connectivity index (χ2v) is 6.10. The van der Waals surface area contributed by atoms with Gasteiger partial charge in [0.25, 0.3) is 0 Å². The minimum Gasteiger partial charge on any atom is -0.488 e. The zero-order valence-electron chi connectivity index (χ0n) is 8.89. The molecule has 1 atom stereocenters. The highest BCUT2D eigenvalue weighted by atomic mass is 32.2. The van der Waals surface area contributed by atoms with Crippen LogP contribution in [0, 0.1) is 17.1 Å². The lowest BCUT2D eigenvalue weighted by Gasteiger charge is -2.13. The Hall–Kier alpha value is -1.61. The Morgan fingerprint density at radius 3 is 2.82 bits per heavy atom. The maximum atomic E-state index is 13.3. The monoisotopic (exact) mass is 255 g/mol. The summed E-state index contributed by atoms with van der Waals surface area (Å²) in [4.78, 5) is 0. The summed E-state index contributed by atoms with van der Waals surface area (Å²) in [6.07, 6.45) is -0.113. The summed E-state index contributed by atoms with van der Waals surface area (Å²) in [5, 5.41) is 8.79. The lowest BCUT2D eigenvalue weighted by molar-refractivity contribution is 0.227. The summed E-state index contributed by atoms with van der Waals surface area (Å²) < 4.78 is 41.1. The number of ether oxygens (including phenoxy) is 1. The van der Waals surface area contributed by atoms with Gasteiger partial charge in [-0.1, -0.05) is 6.07 Å². The molecule has 2 rings (SSSR count). The third kappa shape index (κ3) is 2.56. The number of hydrogen-bond donors (Lipinski definition) is 0. The molecule has 1 saturated heterocycles. The summed E-state index contributed by atoms with van der Waals surface area (Å²) in [5.41, 5.74) is -0.184. The minimum atomic E-state index is -3.05. The van der Waals surface area contributed by atoms with Crippen molar-refractivity contribution in [2.75, 3.05) is 11.5 Å². The maximum absolute atomic E-state index is 13.3. The summed E-state index contributed by atoms with van der Waals surface area (Å²) in [7, 11) is -3.05. The smallest absolute Gasteiger partial charge is 0.154 e. The van der Waals surface area contributed by atoms with E-state index in [0.717, 1.165) is 6.07 Å². The van der Waals surface area contributed by atoms with Crippen LogP contribution in [0.25, 0.3) is 0 Å². The molecular formula is C11H10FNO3S. The molecule has 0 aromatic heterocycles. The van der Waals surface area contributed by atoms with Gasteiger partial charge in [0, 0.05) is 0 Å². The fraction of sp³-hybridized carbons (Fsp3) is 0.364. The number of sulfone groups is 1. The molecule has 0 saturated carbocycles. The van der Waals surface area contributed by atoms with E-state index in [9.17, 15) is 12.8 Å².